The highest BCUT2D eigenvalue weighted by Crippen LogP contribution is 2.24. The number of rotatable bonds is 11. The van der Waals surface area contributed by atoms with Crippen molar-refractivity contribution in [3.8, 4) is 23.1 Å². The topological polar surface area (TPSA) is 88.6 Å². The van der Waals surface area contributed by atoms with E-state index in [9.17, 15) is 4.79 Å². The summed E-state index contributed by atoms with van der Waals surface area (Å²) in [6, 6.07) is 10.9. The highest BCUT2D eigenvalue weighted by Gasteiger charge is 2.16. The van der Waals surface area contributed by atoms with Crippen molar-refractivity contribution in [1.82, 2.24) is 14.8 Å². The number of thioether (sulfide) groups is 1. The molecule has 0 fully saturated rings. The summed E-state index contributed by atoms with van der Waals surface area (Å²) in [6.45, 7) is 5.64. The van der Waals surface area contributed by atoms with Gasteiger partial charge in [-0.2, -0.15) is 0 Å². The molecule has 0 saturated carbocycles. The molecule has 0 amide bonds. The third kappa shape index (κ3) is 5.77. The molecule has 0 aliphatic carbocycles. The molecule has 0 radical (unpaired) electrons. The number of furan rings is 1. The second-order valence-corrected chi connectivity index (χ2v) is 6.73. The lowest BCUT2D eigenvalue weighted by Gasteiger charge is -2.09. The lowest BCUT2D eigenvalue weighted by atomic mass is 10.3. The normalized spacial score (nSPS) is 10.7. The predicted molar refractivity (Wildman–Crippen MR) is 108 cm³/mol. The number of ether oxygens (including phenoxy) is 3. The third-order valence-electron chi connectivity index (χ3n) is 3.84. The molecular weight excluding hydrogens is 394 g/mol. The summed E-state index contributed by atoms with van der Waals surface area (Å²) in [5, 5.41) is 8.94. The van der Waals surface area contributed by atoms with Crippen LogP contribution in [0.1, 0.15) is 13.8 Å². The molecular formula is C20H23N3O5S. The number of esters is 1. The van der Waals surface area contributed by atoms with Crippen molar-refractivity contribution >= 4 is 17.7 Å². The van der Waals surface area contributed by atoms with Crippen molar-refractivity contribution in [3.63, 3.8) is 0 Å². The third-order valence-corrected chi connectivity index (χ3v) is 4.78. The van der Waals surface area contributed by atoms with Crippen LogP contribution in [0.3, 0.4) is 0 Å². The average Bonchev–Trinajstić information content (AvgIpc) is 3.40. The molecule has 1 aromatic carbocycles. The Morgan fingerprint density at radius 3 is 2.48 bits per heavy atom. The van der Waals surface area contributed by atoms with Crippen LogP contribution < -0.4 is 9.47 Å². The van der Waals surface area contributed by atoms with Gasteiger partial charge in [-0.15, -0.1) is 10.2 Å². The number of nitrogens with zero attached hydrogens (tertiary/aromatic N) is 3. The summed E-state index contributed by atoms with van der Waals surface area (Å²) in [5.41, 5.74) is 0. The molecule has 0 aliphatic heterocycles. The number of carbonyl (C=O) groups excluding carboxylic acids is 1. The van der Waals surface area contributed by atoms with Crippen molar-refractivity contribution in [2.45, 2.75) is 25.5 Å². The molecule has 0 saturated heterocycles. The van der Waals surface area contributed by atoms with Gasteiger partial charge < -0.3 is 18.6 Å². The molecule has 0 spiro atoms. The summed E-state index contributed by atoms with van der Waals surface area (Å²) in [6.07, 6.45) is 1.59. The SMILES string of the molecule is CCOc1ccc(OCCOC(=O)CSc2nnc(-c3ccco3)n2CC)cc1. The summed E-state index contributed by atoms with van der Waals surface area (Å²) in [5.74, 6) is 2.56. The summed E-state index contributed by atoms with van der Waals surface area (Å²) in [7, 11) is 0. The Hall–Kier alpha value is -2.94. The lowest BCUT2D eigenvalue weighted by Crippen LogP contribution is -2.14. The largest absolute Gasteiger partial charge is 0.494 e. The number of hydrogen-bond acceptors (Lipinski definition) is 8. The van der Waals surface area contributed by atoms with Gasteiger partial charge in [0.2, 0.25) is 0 Å². The first kappa shape index (κ1) is 20.8. The lowest BCUT2D eigenvalue weighted by molar-refractivity contribution is -0.141. The van der Waals surface area contributed by atoms with Crippen LogP contribution in [0.4, 0.5) is 0 Å². The van der Waals surface area contributed by atoms with Gasteiger partial charge in [-0.1, -0.05) is 11.8 Å². The van der Waals surface area contributed by atoms with E-state index in [4.69, 9.17) is 18.6 Å². The first-order valence-corrected chi connectivity index (χ1v) is 10.3. The Bertz CT molecular complexity index is 893. The average molecular weight is 417 g/mol. The molecule has 9 heteroatoms. The summed E-state index contributed by atoms with van der Waals surface area (Å²) in [4.78, 5) is 12.0. The van der Waals surface area contributed by atoms with E-state index >= 15 is 0 Å². The quantitative estimate of drug-likeness (QED) is 0.265. The van der Waals surface area contributed by atoms with Crippen LogP contribution in [0.15, 0.2) is 52.2 Å². The van der Waals surface area contributed by atoms with E-state index in [1.807, 2.05) is 48.7 Å². The maximum atomic E-state index is 12.0. The van der Waals surface area contributed by atoms with Crippen LogP contribution in [0, 0.1) is 0 Å². The fourth-order valence-corrected chi connectivity index (χ4v) is 3.35. The second-order valence-electron chi connectivity index (χ2n) is 5.79. The van der Waals surface area contributed by atoms with Crippen LogP contribution in [0.2, 0.25) is 0 Å². The molecule has 2 heterocycles. The predicted octanol–water partition coefficient (Wildman–Crippen LogP) is 3.67. The van der Waals surface area contributed by atoms with Gasteiger partial charge in [-0.05, 0) is 50.2 Å². The van der Waals surface area contributed by atoms with Crippen LogP contribution in [-0.2, 0) is 16.1 Å². The van der Waals surface area contributed by atoms with Crippen molar-refractivity contribution < 1.29 is 23.4 Å². The first-order chi connectivity index (χ1) is 14.2. The van der Waals surface area contributed by atoms with E-state index < -0.39 is 0 Å². The van der Waals surface area contributed by atoms with Gasteiger partial charge in [-0.3, -0.25) is 9.36 Å². The molecule has 8 nitrogen and oxygen atoms in total. The van der Waals surface area contributed by atoms with Gasteiger partial charge >= 0.3 is 5.97 Å². The molecule has 3 aromatic rings. The minimum Gasteiger partial charge on any atom is -0.494 e. The fraction of sp³-hybridized carbons (Fsp3) is 0.350. The Morgan fingerprint density at radius 1 is 1.07 bits per heavy atom. The molecule has 0 aliphatic rings. The molecule has 2 aromatic heterocycles. The molecule has 0 atom stereocenters. The zero-order valence-corrected chi connectivity index (χ0v) is 17.2. The molecule has 154 valence electrons. The van der Waals surface area contributed by atoms with Gasteiger partial charge in [0.1, 0.15) is 24.7 Å². The summed E-state index contributed by atoms with van der Waals surface area (Å²) < 4.78 is 23.4. The maximum absolute atomic E-state index is 12.0. The van der Waals surface area contributed by atoms with Crippen LogP contribution >= 0.6 is 11.8 Å². The van der Waals surface area contributed by atoms with Gasteiger partial charge in [0, 0.05) is 6.54 Å². The van der Waals surface area contributed by atoms with E-state index in [-0.39, 0.29) is 24.9 Å². The molecule has 3 rings (SSSR count). The molecule has 0 N–H and O–H groups in total. The monoisotopic (exact) mass is 417 g/mol. The van der Waals surface area contributed by atoms with Crippen molar-refractivity contribution in [1.29, 1.82) is 0 Å². The standard InChI is InChI=1S/C20H23N3O5S/c1-3-23-19(17-6-5-11-27-17)21-22-20(23)29-14-18(24)28-13-12-26-16-9-7-15(8-10-16)25-4-2/h5-11H,3-4,12-14H2,1-2H3. The number of aromatic nitrogens is 3. The van der Waals surface area contributed by atoms with Gasteiger partial charge in [0.15, 0.2) is 16.7 Å². The van der Waals surface area contributed by atoms with E-state index in [0.717, 1.165) is 5.75 Å². The maximum Gasteiger partial charge on any atom is 0.316 e. The Morgan fingerprint density at radius 2 is 1.83 bits per heavy atom. The molecule has 0 unspecified atom stereocenters. The van der Waals surface area contributed by atoms with E-state index in [1.54, 1.807) is 12.3 Å². The Balaban J connectivity index is 1.40. The van der Waals surface area contributed by atoms with Crippen LogP contribution in [0.5, 0.6) is 11.5 Å². The smallest absolute Gasteiger partial charge is 0.316 e. The zero-order valence-electron chi connectivity index (χ0n) is 16.4. The molecule has 0 bridgehead atoms. The van der Waals surface area contributed by atoms with Gasteiger partial charge in [0.05, 0.1) is 18.6 Å². The Kier molecular flexibility index (Phi) is 7.57. The fourth-order valence-electron chi connectivity index (χ4n) is 2.55. The minimum absolute atomic E-state index is 0.138. The van der Waals surface area contributed by atoms with Crippen LogP contribution in [0.25, 0.3) is 11.6 Å². The van der Waals surface area contributed by atoms with Gasteiger partial charge in [-0.25, -0.2) is 0 Å². The van der Waals surface area contributed by atoms with Crippen molar-refractivity contribution in [2.75, 3.05) is 25.6 Å². The highest BCUT2D eigenvalue weighted by atomic mass is 32.2. The number of hydrogen-bond donors (Lipinski definition) is 0. The minimum atomic E-state index is -0.338. The van der Waals surface area contributed by atoms with Crippen molar-refractivity contribution in [3.05, 3.63) is 42.7 Å². The van der Waals surface area contributed by atoms with Crippen LogP contribution in [-0.4, -0.2) is 46.3 Å². The van der Waals surface area contributed by atoms with Crippen molar-refractivity contribution in [2.24, 2.45) is 0 Å². The summed E-state index contributed by atoms with van der Waals surface area (Å²) >= 11 is 1.28. The first-order valence-electron chi connectivity index (χ1n) is 9.32. The van der Waals surface area contributed by atoms with E-state index in [1.165, 1.54) is 11.8 Å². The highest BCUT2D eigenvalue weighted by molar-refractivity contribution is 7.99. The van der Waals surface area contributed by atoms with E-state index in [0.29, 0.717) is 35.6 Å². The Labute approximate surface area is 173 Å². The molecule has 29 heavy (non-hydrogen) atoms. The number of carbonyl (C=O) groups is 1. The zero-order chi connectivity index (χ0) is 20.5. The second kappa shape index (κ2) is 10.6. The van der Waals surface area contributed by atoms with Gasteiger partial charge in [0.25, 0.3) is 0 Å². The van der Waals surface area contributed by atoms with E-state index in [2.05, 4.69) is 10.2 Å². The number of benzene rings is 1.